The molecule has 0 saturated heterocycles. The first-order chi connectivity index (χ1) is 9.61. The van der Waals surface area contributed by atoms with E-state index in [4.69, 9.17) is 10.6 Å². The zero-order valence-corrected chi connectivity index (χ0v) is 11.9. The molecule has 8 heteroatoms. The number of anilines is 2. The Hall–Kier alpha value is -2.22. The molecule has 0 heterocycles. The van der Waals surface area contributed by atoms with Gasteiger partial charge in [-0.3, -0.25) is 10.1 Å². The molecule has 0 fully saturated rings. The second-order valence-electron chi connectivity index (χ2n) is 5.15. The van der Waals surface area contributed by atoms with E-state index < -0.39 is 24.0 Å². The predicted molar refractivity (Wildman–Crippen MR) is 74.0 cm³/mol. The average molecular weight is 301 g/mol. The zero-order chi connectivity index (χ0) is 16.2. The van der Waals surface area contributed by atoms with Crippen LogP contribution < -0.4 is 16.2 Å². The van der Waals surface area contributed by atoms with Gasteiger partial charge in [0.1, 0.15) is 5.60 Å². The van der Waals surface area contributed by atoms with Crippen molar-refractivity contribution in [1.82, 2.24) is 0 Å². The maximum atomic E-state index is 12.4. The first-order valence-corrected chi connectivity index (χ1v) is 6.07. The molecule has 1 aromatic rings. The van der Waals surface area contributed by atoms with Gasteiger partial charge in [-0.1, -0.05) is 12.1 Å². The summed E-state index contributed by atoms with van der Waals surface area (Å²) >= 11 is 0. The molecule has 0 aliphatic carbocycles. The number of carbonyl (C=O) groups excluding carboxylic acids is 2. The van der Waals surface area contributed by atoms with Crippen LogP contribution in [0.4, 0.5) is 25.0 Å². The highest BCUT2D eigenvalue weighted by atomic mass is 19.3. The Morgan fingerprint density at radius 3 is 2.38 bits per heavy atom. The number of nitrogens with one attached hydrogen (secondary N) is 1. The maximum Gasteiger partial charge on any atom is 0.412 e. The van der Waals surface area contributed by atoms with Crippen LogP contribution in [0.15, 0.2) is 24.3 Å². The number of nitrogens with zero attached hydrogens (tertiary/aromatic N) is 1. The second-order valence-corrected chi connectivity index (χ2v) is 5.15. The van der Waals surface area contributed by atoms with Crippen LogP contribution >= 0.6 is 0 Å². The molecule has 0 spiro atoms. The number of hydrazine groups is 1. The van der Waals surface area contributed by atoms with E-state index in [9.17, 15) is 18.4 Å². The molecule has 2 amide bonds. The lowest BCUT2D eigenvalue weighted by atomic mass is 10.2. The normalized spacial score (nSPS) is 11.2. The Bertz CT molecular complexity index is 530. The smallest absolute Gasteiger partial charge is 0.412 e. The van der Waals surface area contributed by atoms with Crippen LogP contribution in [-0.4, -0.2) is 24.0 Å². The van der Waals surface area contributed by atoms with Gasteiger partial charge in [0, 0.05) is 0 Å². The molecule has 116 valence electrons. The maximum absolute atomic E-state index is 12.4. The van der Waals surface area contributed by atoms with Gasteiger partial charge in [0.2, 0.25) is 0 Å². The molecule has 1 aromatic carbocycles. The number of halogens is 2. The lowest BCUT2D eigenvalue weighted by Gasteiger charge is -2.22. The fraction of sp³-hybridized carbons (Fsp3) is 0.385. The minimum absolute atomic E-state index is 0.0614. The minimum Gasteiger partial charge on any atom is -0.444 e. The minimum atomic E-state index is -3.25. The standard InChI is InChI=1S/C13H17F2N3O3/c1-13(2,3)21-12(20)17-8-6-4-5-7-9(8)18(16)11(19)10(14)15/h4-7,10H,16H2,1-3H3,(H,17,20). The number of nitrogens with two attached hydrogens (primary N) is 1. The van der Waals surface area contributed by atoms with Gasteiger partial charge in [-0.2, -0.15) is 8.78 Å². The lowest BCUT2D eigenvalue weighted by molar-refractivity contribution is -0.129. The van der Waals surface area contributed by atoms with Crippen LogP contribution in [-0.2, 0) is 9.53 Å². The molecule has 3 N–H and O–H groups in total. The molecule has 21 heavy (non-hydrogen) atoms. The van der Waals surface area contributed by atoms with E-state index in [0.717, 1.165) is 0 Å². The third-order valence-corrected chi connectivity index (χ3v) is 2.22. The molecule has 0 radical (unpaired) electrons. The number of para-hydroxylation sites is 2. The van der Waals surface area contributed by atoms with Gasteiger partial charge in [0.25, 0.3) is 0 Å². The number of rotatable bonds is 3. The van der Waals surface area contributed by atoms with Gasteiger partial charge >= 0.3 is 18.4 Å². The summed E-state index contributed by atoms with van der Waals surface area (Å²) in [5.74, 6) is 3.78. The van der Waals surface area contributed by atoms with E-state index in [1.165, 1.54) is 18.2 Å². The summed E-state index contributed by atoms with van der Waals surface area (Å²) in [7, 11) is 0. The number of amides is 2. The highest BCUT2D eigenvalue weighted by Crippen LogP contribution is 2.25. The van der Waals surface area contributed by atoms with Gasteiger partial charge in [-0.15, -0.1) is 0 Å². The Balaban J connectivity index is 2.95. The van der Waals surface area contributed by atoms with Gasteiger partial charge in [0.15, 0.2) is 0 Å². The largest absolute Gasteiger partial charge is 0.444 e. The predicted octanol–water partition coefficient (Wildman–Crippen LogP) is 2.51. The van der Waals surface area contributed by atoms with Gasteiger partial charge in [-0.25, -0.2) is 15.6 Å². The SMILES string of the molecule is CC(C)(C)OC(=O)Nc1ccccc1N(N)C(=O)C(F)F. The number of ether oxygens (including phenoxy) is 1. The van der Waals surface area contributed by atoms with Crippen molar-refractivity contribution in [3.05, 3.63) is 24.3 Å². The molecule has 0 aliphatic rings. The quantitative estimate of drug-likeness (QED) is 0.510. The Morgan fingerprint density at radius 1 is 1.29 bits per heavy atom. The fourth-order valence-electron chi connectivity index (χ4n) is 1.43. The molecule has 0 aliphatic heterocycles. The van der Waals surface area contributed by atoms with Crippen molar-refractivity contribution in [3.8, 4) is 0 Å². The van der Waals surface area contributed by atoms with Crippen molar-refractivity contribution >= 4 is 23.4 Å². The molecular formula is C13H17F2N3O3. The van der Waals surface area contributed by atoms with Crippen LogP contribution in [0.3, 0.4) is 0 Å². The summed E-state index contributed by atoms with van der Waals surface area (Å²) in [5.41, 5.74) is -0.697. The number of carbonyl (C=O) groups is 2. The number of benzene rings is 1. The van der Waals surface area contributed by atoms with Crippen molar-refractivity contribution in [2.24, 2.45) is 5.84 Å². The monoisotopic (exact) mass is 301 g/mol. The fourth-order valence-corrected chi connectivity index (χ4v) is 1.43. The van der Waals surface area contributed by atoms with Crippen LogP contribution in [0.2, 0.25) is 0 Å². The van der Waals surface area contributed by atoms with E-state index in [1.807, 2.05) is 0 Å². The van der Waals surface area contributed by atoms with E-state index in [0.29, 0.717) is 0 Å². The summed E-state index contributed by atoms with van der Waals surface area (Å²) in [5, 5.41) is 2.65. The van der Waals surface area contributed by atoms with Crippen LogP contribution in [0.1, 0.15) is 20.8 Å². The first-order valence-electron chi connectivity index (χ1n) is 6.07. The van der Waals surface area contributed by atoms with E-state index >= 15 is 0 Å². The van der Waals surface area contributed by atoms with Crippen molar-refractivity contribution in [3.63, 3.8) is 0 Å². The molecule has 0 atom stereocenters. The molecular weight excluding hydrogens is 284 g/mol. The third kappa shape index (κ3) is 4.99. The van der Waals surface area contributed by atoms with Gasteiger partial charge < -0.3 is 4.74 Å². The summed E-state index contributed by atoms with van der Waals surface area (Å²) in [6, 6.07) is 5.79. The summed E-state index contributed by atoms with van der Waals surface area (Å²) < 4.78 is 29.8. The average Bonchev–Trinajstić information content (AvgIpc) is 2.35. The summed E-state index contributed by atoms with van der Waals surface area (Å²) in [6.45, 7) is 5.02. The molecule has 0 unspecified atom stereocenters. The number of hydrogen-bond acceptors (Lipinski definition) is 4. The van der Waals surface area contributed by atoms with E-state index in [-0.39, 0.29) is 16.4 Å². The Kier molecular flexibility index (Phi) is 5.20. The summed E-state index contributed by atoms with van der Waals surface area (Å²) in [4.78, 5) is 22.9. The highest BCUT2D eigenvalue weighted by Gasteiger charge is 2.25. The van der Waals surface area contributed by atoms with Gasteiger partial charge in [0.05, 0.1) is 11.4 Å². The van der Waals surface area contributed by atoms with Crippen molar-refractivity contribution in [2.75, 3.05) is 10.3 Å². The molecule has 1 rings (SSSR count). The summed E-state index contributed by atoms with van der Waals surface area (Å²) in [6.07, 6.45) is -4.03. The molecule has 0 aromatic heterocycles. The molecule has 6 nitrogen and oxygen atoms in total. The van der Waals surface area contributed by atoms with Crippen molar-refractivity contribution < 1.29 is 23.1 Å². The third-order valence-electron chi connectivity index (χ3n) is 2.22. The number of hydrogen-bond donors (Lipinski definition) is 2. The van der Waals surface area contributed by atoms with Crippen molar-refractivity contribution in [2.45, 2.75) is 32.8 Å². The van der Waals surface area contributed by atoms with Crippen LogP contribution in [0.25, 0.3) is 0 Å². The highest BCUT2D eigenvalue weighted by molar-refractivity contribution is 6.00. The second kappa shape index (κ2) is 6.49. The first kappa shape index (κ1) is 16.8. The number of alkyl halides is 2. The van der Waals surface area contributed by atoms with Gasteiger partial charge in [-0.05, 0) is 32.9 Å². The lowest BCUT2D eigenvalue weighted by Crippen LogP contribution is -2.42. The molecule has 0 saturated carbocycles. The Morgan fingerprint density at radius 2 is 1.86 bits per heavy atom. The zero-order valence-electron chi connectivity index (χ0n) is 11.9. The van der Waals surface area contributed by atoms with E-state index in [2.05, 4.69) is 5.32 Å². The van der Waals surface area contributed by atoms with Crippen LogP contribution in [0.5, 0.6) is 0 Å². The molecule has 0 bridgehead atoms. The van der Waals surface area contributed by atoms with Crippen molar-refractivity contribution in [1.29, 1.82) is 0 Å². The Labute approximate surface area is 120 Å². The van der Waals surface area contributed by atoms with Crippen LogP contribution in [0, 0.1) is 0 Å². The van der Waals surface area contributed by atoms with E-state index in [1.54, 1.807) is 26.8 Å². The topological polar surface area (TPSA) is 84.7 Å².